The number of rotatable bonds is 4. The fraction of sp³-hybridized carbons (Fsp3) is 0.529. The van der Waals surface area contributed by atoms with Crippen LogP contribution in [0, 0.1) is 0 Å². The van der Waals surface area contributed by atoms with Gasteiger partial charge in [0, 0.05) is 32.2 Å². The molecule has 3 rings (SSSR count). The number of benzene rings is 1. The van der Waals surface area contributed by atoms with Crippen molar-refractivity contribution in [3.63, 3.8) is 0 Å². The summed E-state index contributed by atoms with van der Waals surface area (Å²) in [5.41, 5.74) is 2.51. The molecule has 1 fully saturated rings. The number of nitrogens with zero attached hydrogens (tertiary/aromatic N) is 1. The highest BCUT2D eigenvalue weighted by molar-refractivity contribution is 5.85. The van der Waals surface area contributed by atoms with E-state index in [1.165, 1.54) is 11.1 Å². The van der Waals surface area contributed by atoms with Crippen molar-refractivity contribution >= 4 is 24.8 Å². The van der Waals surface area contributed by atoms with Crippen LogP contribution in [0.2, 0.25) is 0 Å². The Bertz CT molecular complexity index is 519. The maximum absolute atomic E-state index is 5.73. The van der Waals surface area contributed by atoms with Crippen molar-refractivity contribution in [3.8, 4) is 11.5 Å². The smallest absolute Gasteiger partial charge is 0.161 e. The number of nitrogens with one attached hydrogen (secondary N) is 1. The van der Waals surface area contributed by atoms with Gasteiger partial charge in [-0.15, -0.1) is 31.4 Å². The average molecular weight is 361 g/mol. The van der Waals surface area contributed by atoms with E-state index in [9.17, 15) is 0 Å². The van der Waals surface area contributed by atoms with Crippen LogP contribution in [0.3, 0.4) is 0 Å². The minimum Gasteiger partial charge on any atom is -0.486 e. The molecule has 0 amide bonds. The number of hydrogen-bond acceptors (Lipinski definition) is 4. The predicted octanol–water partition coefficient (Wildman–Crippen LogP) is 3.21. The molecule has 4 nitrogen and oxygen atoms in total. The molecule has 0 aliphatic carbocycles. The molecule has 0 unspecified atom stereocenters. The summed E-state index contributed by atoms with van der Waals surface area (Å²) in [5, 5.41) is 3.42. The van der Waals surface area contributed by atoms with E-state index in [0.717, 1.165) is 44.1 Å². The molecule has 0 radical (unpaired) electrons. The molecular formula is C17H26Cl2N2O2. The molecule has 23 heavy (non-hydrogen) atoms. The van der Waals surface area contributed by atoms with Crippen LogP contribution in [0.1, 0.15) is 24.9 Å². The molecule has 2 aliphatic rings. The van der Waals surface area contributed by atoms with Crippen LogP contribution in [0.4, 0.5) is 0 Å². The lowest BCUT2D eigenvalue weighted by atomic mass is 9.97. The third kappa shape index (κ3) is 5.01. The number of halogens is 2. The van der Waals surface area contributed by atoms with Gasteiger partial charge in [-0.25, -0.2) is 0 Å². The first-order valence-corrected chi connectivity index (χ1v) is 7.73. The van der Waals surface area contributed by atoms with Crippen LogP contribution >= 0.6 is 24.8 Å². The Morgan fingerprint density at radius 3 is 2.48 bits per heavy atom. The molecule has 1 atom stereocenters. The maximum Gasteiger partial charge on any atom is 0.161 e. The van der Waals surface area contributed by atoms with Gasteiger partial charge >= 0.3 is 0 Å². The Hall–Kier alpha value is -0.940. The van der Waals surface area contributed by atoms with E-state index >= 15 is 0 Å². The largest absolute Gasteiger partial charge is 0.486 e. The predicted molar refractivity (Wildman–Crippen MR) is 98.5 cm³/mol. The van der Waals surface area contributed by atoms with Gasteiger partial charge in [0.1, 0.15) is 13.2 Å². The fourth-order valence-corrected chi connectivity index (χ4v) is 3.05. The molecule has 6 heteroatoms. The standard InChI is InChI=1S/C17H24N2O2.2ClH/c1-13(2)11-15(19-7-5-18-6-8-19)14-3-4-16-17(12-14)21-10-9-20-16;;/h3-4,12,15,18H,1,5-11H2,2H3;2*1H/t15-;;/m1../s1. The van der Waals surface area contributed by atoms with Gasteiger partial charge in [-0.2, -0.15) is 0 Å². The molecular weight excluding hydrogens is 335 g/mol. The first-order chi connectivity index (χ1) is 10.2. The van der Waals surface area contributed by atoms with E-state index in [0.29, 0.717) is 19.3 Å². The van der Waals surface area contributed by atoms with Crippen molar-refractivity contribution in [3.05, 3.63) is 35.9 Å². The molecule has 0 spiro atoms. The first kappa shape index (κ1) is 20.1. The summed E-state index contributed by atoms with van der Waals surface area (Å²) < 4.78 is 11.3. The lowest BCUT2D eigenvalue weighted by Crippen LogP contribution is -2.45. The lowest BCUT2D eigenvalue weighted by Gasteiger charge is -2.36. The van der Waals surface area contributed by atoms with Crippen LogP contribution in [0.25, 0.3) is 0 Å². The summed E-state index contributed by atoms with van der Waals surface area (Å²) in [6.45, 7) is 11.7. The number of fused-ring (bicyclic) bond motifs is 1. The Morgan fingerprint density at radius 1 is 1.17 bits per heavy atom. The van der Waals surface area contributed by atoms with Crippen LogP contribution in [0.5, 0.6) is 11.5 Å². The number of hydrogen-bond donors (Lipinski definition) is 1. The van der Waals surface area contributed by atoms with Crippen molar-refractivity contribution in [2.45, 2.75) is 19.4 Å². The second kappa shape index (κ2) is 9.38. The zero-order chi connectivity index (χ0) is 14.7. The van der Waals surface area contributed by atoms with Gasteiger partial charge in [-0.1, -0.05) is 11.6 Å². The third-order valence-corrected chi connectivity index (χ3v) is 4.09. The van der Waals surface area contributed by atoms with Crippen LogP contribution < -0.4 is 14.8 Å². The van der Waals surface area contributed by atoms with Gasteiger partial charge in [0.25, 0.3) is 0 Å². The van der Waals surface area contributed by atoms with Crippen molar-refractivity contribution in [2.24, 2.45) is 0 Å². The molecule has 0 saturated carbocycles. The topological polar surface area (TPSA) is 33.7 Å². The molecule has 1 aromatic rings. The zero-order valence-electron chi connectivity index (χ0n) is 13.5. The second-order valence-corrected chi connectivity index (χ2v) is 5.87. The average Bonchev–Trinajstić information content (AvgIpc) is 2.53. The molecule has 1 saturated heterocycles. The Labute approximate surface area is 151 Å². The highest BCUT2D eigenvalue weighted by atomic mass is 35.5. The van der Waals surface area contributed by atoms with Gasteiger partial charge < -0.3 is 14.8 Å². The van der Waals surface area contributed by atoms with Crippen molar-refractivity contribution in [1.29, 1.82) is 0 Å². The van der Waals surface area contributed by atoms with E-state index in [4.69, 9.17) is 9.47 Å². The molecule has 2 aliphatic heterocycles. The van der Waals surface area contributed by atoms with Crippen molar-refractivity contribution in [2.75, 3.05) is 39.4 Å². The van der Waals surface area contributed by atoms with Gasteiger partial charge in [-0.3, -0.25) is 4.90 Å². The summed E-state index contributed by atoms with van der Waals surface area (Å²) in [6, 6.07) is 6.73. The lowest BCUT2D eigenvalue weighted by molar-refractivity contribution is 0.164. The Morgan fingerprint density at radius 2 is 1.83 bits per heavy atom. The minimum atomic E-state index is 0. The summed E-state index contributed by atoms with van der Waals surface area (Å²) in [7, 11) is 0. The zero-order valence-corrected chi connectivity index (χ0v) is 15.2. The highest BCUT2D eigenvalue weighted by Crippen LogP contribution is 2.36. The maximum atomic E-state index is 5.73. The Balaban J connectivity index is 0.00000132. The number of ether oxygens (including phenoxy) is 2. The molecule has 1 aromatic carbocycles. The van der Waals surface area contributed by atoms with Gasteiger partial charge in [0.2, 0.25) is 0 Å². The minimum absolute atomic E-state index is 0. The van der Waals surface area contributed by atoms with Gasteiger partial charge in [0.15, 0.2) is 11.5 Å². The van der Waals surface area contributed by atoms with E-state index < -0.39 is 0 Å². The summed E-state index contributed by atoms with van der Waals surface area (Å²) in [5.74, 6) is 1.74. The molecule has 0 bridgehead atoms. The SMILES string of the molecule is C=C(C)C[C@H](c1ccc2c(c1)OCCO2)N1CCNCC1.Cl.Cl. The van der Waals surface area contributed by atoms with Crippen molar-refractivity contribution < 1.29 is 9.47 Å². The van der Waals surface area contributed by atoms with E-state index in [-0.39, 0.29) is 24.8 Å². The van der Waals surface area contributed by atoms with Crippen LogP contribution in [-0.2, 0) is 0 Å². The third-order valence-electron chi connectivity index (χ3n) is 4.09. The Kier molecular flexibility index (Phi) is 8.20. The second-order valence-electron chi connectivity index (χ2n) is 5.87. The van der Waals surface area contributed by atoms with E-state index in [1.807, 2.05) is 6.07 Å². The monoisotopic (exact) mass is 360 g/mol. The van der Waals surface area contributed by atoms with E-state index in [2.05, 4.69) is 35.9 Å². The molecule has 2 heterocycles. The summed E-state index contributed by atoms with van der Waals surface area (Å²) >= 11 is 0. The van der Waals surface area contributed by atoms with E-state index in [1.54, 1.807) is 0 Å². The summed E-state index contributed by atoms with van der Waals surface area (Å²) in [4.78, 5) is 2.54. The van der Waals surface area contributed by atoms with Gasteiger partial charge in [-0.05, 0) is 31.0 Å². The number of piperazine rings is 1. The first-order valence-electron chi connectivity index (χ1n) is 7.73. The quantitative estimate of drug-likeness (QED) is 0.835. The fourth-order valence-electron chi connectivity index (χ4n) is 3.05. The highest BCUT2D eigenvalue weighted by Gasteiger charge is 2.24. The summed E-state index contributed by atoms with van der Waals surface area (Å²) in [6.07, 6.45) is 0.986. The van der Waals surface area contributed by atoms with Gasteiger partial charge in [0.05, 0.1) is 0 Å². The molecule has 130 valence electrons. The van der Waals surface area contributed by atoms with Crippen molar-refractivity contribution in [1.82, 2.24) is 10.2 Å². The van der Waals surface area contributed by atoms with Crippen LogP contribution in [-0.4, -0.2) is 44.3 Å². The normalized spacial score (nSPS) is 18.3. The van der Waals surface area contributed by atoms with Crippen LogP contribution in [0.15, 0.2) is 30.4 Å². The molecule has 0 aromatic heterocycles. The molecule has 1 N–H and O–H groups in total.